The molecule has 8 heteroatoms. The van der Waals surface area contributed by atoms with Gasteiger partial charge in [-0.1, -0.05) is 194 Å². The molecular formula is C66H42N8. The largest absolute Gasteiger partial charge is 0.309 e. The second kappa shape index (κ2) is 17.9. The summed E-state index contributed by atoms with van der Waals surface area (Å²) in [6.45, 7) is 0. The molecule has 0 fully saturated rings. The molecule has 14 aromatic rings. The van der Waals surface area contributed by atoms with Gasteiger partial charge in [-0.2, -0.15) is 0 Å². The summed E-state index contributed by atoms with van der Waals surface area (Å²) >= 11 is 0. The van der Waals surface area contributed by atoms with Crippen molar-refractivity contribution >= 4 is 43.6 Å². The lowest BCUT2D eigenvalue weighted by Crippen LogP contribution is -2.01. The molecule has 0 spiro atoms. The summed E-state index contributed by atoms with van der Waals surface area (Å²) in [6.07, 6.45) is 0. The molecule has 14 rings (SSSR count). The first kappa shape index (κ1) is 42.7. The van der Waals surface area contributed by atoms with Gasteiger partial charge in [-0.25, -0.2) is 29.9 Å². The van der Waals surface area contributed by atoms with Gasteiger partial charge in [0.1, 0.15) is 0 Å². The first-order chi connectivity index (χ1) is 36.7. The Morgan fingerprint density at radius 3 is 1.15 bits per heavy atom. The zero-order valence-electron chi connectivity index (χ0n) is 39.8. The molecule has 8 nitrogen and oxygen atoms in total. The second-order valence-corrected chi connectivity index (χ2v) is 18.3. The summed E-state index contributed by atoms with van der Waals surface area (Å²) in [5, 5.41) is 4.49. The summed E-state index contributed by atoms with van der Waals surface area (Å²) in [5.41, 5.74) is 14.2. The summed E-state index contributed by atoms with van der Waals surface area (Å²) in [6, 6.07) is 88.4. The zero-order chi connectivity index (χ0) is 49.0. The van der Waals surface area contributed by atoms with E-state index < -0.39 is 0 Å². The summed E-state index contributed by atoms with van der Waals surface area (Å²) in [5.74, 6) is 3.73. The number of aromatic nitrogens is 8. The molecule has 0 aliphatic carbocycles. The van der Waals surface area contributed by atoms with Gasteiger partial charge in [0.25, 0.3) is 0 Å². The van der Waals surface area contributed by atoms with Gasteiger partial charge >= 0.3 is 0 Å². The SMILES string of the molecule is c1ccc(-c2nc(-c3ccccc3)nc(-c3cccc(-n4c5ccccc5c5cc(-c6ccc7c(c6)c6c(-c8nc(-c9ccccc9)nc(-c9ccccc9)n8)cccc6n7-c6ccccc6)ccc54)c3)n2)cc1. The number of nitrogens with zero attached hydrogens (tertiary/aromatic N) is 8. The zero-order valence-corrected chi connectivity index (χ0v) is 39.8. The fourth-order valence-corrected chi connectivity index (χ4v) is 10.4. The van der Waals surface area contributed by atoms with Crippen LogP contribution in [0.5, 0.6) is 0 Å². The van der Waals surface area contributed by atoms with Crippen molar-refractivity contribution in [2.24, 2.45) is 0 Å². The molecule has 10 aromatic carbocycles. The van der Waals surface area contributed by atoms with Crippen molar-refractivity contribution in [3.8, 4) is 90.8 Å². The van der Waals surface area contributed by atoms with E-state index in [4.69, 9.17) is 29.9 Å². The van der Waals surface area contributed by atoms with Crippen molar-refractivity contribution in [1.29, 1.82) is 0 Å². The molecule has 0 aliphatic rings. The molecule has 346 valence electrons. The van der Waals surface area contributed by atoms with E-state index in [0.29, 0.717) is 34.9 Å². The summed E-state index contributed by atoms with van der Waals surface area (Å²) < 4.78 is 4.70. The maximum atomic E-state index is 5.22. The average molecular weight is 947 g/mol. The minimum Gasteiger partial charge on any atom is -0.309 e. The van der Waals surface area contributed by atoms with E-state index in [1.54, 1.807) is 0 Å². The Hall–Kier alpha value is -10.2. The van der Waals surface area contributed by atoms with Crippen LogP contribution in [0.1, 0.15) is 0 Å². The maximum absolute atomic E-state index is 5.22. The predicted octanol–water partition coefficient (Wildman–Crippen LogP) is 15.9. The number of hydrogen-bond donors (Lipinski definition) is 0. The molecule has 0 N–H and O–H groups in total. The van der Waals surface area contributed by atoms with Crippen LogP contribution in [0.3, 0.4) is 0 Å². The third kappa shape index (κ3) is 7.48. The molecule has 0 bridgehead atoms. The monoisotopic (exact) mass is 946 g/mol. The van der Waals surface area contributed by atoms with Crippen molar-refractivity contribution in [3.63, 3.8) is 0 Å². The molecule has 0 atom stereocenters. The van der Waals surface area contributed by atoms with Gasteiger partial charge in [0.15, 0.2) is 34.9 Å². The third-order valence-corrected chi connectivity index (χ3v) is 13.8. The quantitative estimate of drug-likeness (QED) is 0.143. The van der Waals surface area contributed by atoms with E-state index in [2.05, 4.69) is 143 Å². The third-order valence-electron chi connectivity index (χ3n) is 13.8. The van der Waals surface area contributed by atoms with Gasteiger partial charge < -0.3 is 9.13 Å². The van der Waals surface area contributed by atoms with Gasteiger partial charge in [-0.05, 0) is 71.8 Å². The Morgan fingerprint density at radius 2 is 0.595 bits per heavy atom. The first-order valence-corrected chi connectivity index (χ1v) is 24.7. The summed E-state index contributed by atoms with van der Waals surface area (Å²) in [4.78, 5) is 30.5. The highest BCUT2D eigenvalue weighted by Crippen LogP contribution is 2.42. The number of hydrogen-bond acceptors (Lipinski definition) is 6. The van der Waals surface area contributed by atoms with E-state index in [1.807, 2.05) is 121 Å². The van der Waals surface area contributed by atoms with Gasteiger partial charge in [0, 0.05) is 66.3 Å². The lowest BCUT2D eigenvalue weighted by Gasteiger charge is -2.12. The van der Waals surface area contributed by atoms with Gasteiger partial charge in [0.2, 0.25) is 0 Å². The predicted molar refractivity (Wildman–Crippen MR) is 300 cm³/mol. The van der Waals surface area contributed by atoms with Crippen molar-refractivity contribution < 1.29 is 0 Å². The molecule has 4 aromatic heterocycles. The number of rotatable bonds is 9. The molecule has 0 unspecified atom stereocenters. The van der Waals surface area contributed by atoms with Crippen LogP contribution in [0.2, 0.25) is 0 Å². The number of fused-ring (bicyclic) bond motifs is 6. The van der Waals surface area contributed by atoms with E-state index in [0.717, 1.165) is 99.5 Å². The first-order valence-electron chi connectivity index (χ1n) is 24.7. The van der Waals surface area contributed by atoms with Crippen molar-refractivity contribution in [1.82, 2.24) is 39.0 Å². The molecule has 0 saturated heterocycles. The highest BCUT2D eigenvalue weighted by Gasteiger charge is 2.22. The summed E-state index contributed by atoms with van der Waals surface area (Å²) in [7, 11) is 0. The fourth-order valence-electron chi connectivity index (χ4n) is 10.4. The van der Waals surface area contributed by atoms with Crippen LogP contribution in [-0.4, -0.2) is 39.0 Å². The van der Waals surface area contributed by atoms with Gasteiger partial charge in [-0.3, -0.25) is 0 Å². The fraction of sp³-hybridized carbons (Fsp3) is 0. The lowest BCUT2D eigenvalue weighted by molar-refractivity contribution is 1.07. The molecule has 74 heavy (non-hydrogen) atoms. The van der Waals surface area contributed by atoms with E-state index >= 15 is 0 Å². The van der Waals surface area contributed by atoms with Crippen molar-refractivity contribution in [2.45, 2.75) is 0 Å². The van der Waals surface area contributed by atoms with E-state index in [9.17, 15) is 0 Å². The minimum atomic E-state index is 0.610. The highest BCUT2D eigenvalue weighted by atomic mass is 15.1. The van der Waals surface area contributed by atoms with Crippen LogP contribution in [0.4, 0.5) is 0 Å². The molecule has 0 saturated carbocycles. The topological polar surface area (TPSA) is 87.2 Å². The average Bonchev–Trinajstić information content (AvgIpc) is 4.03. The van der Waals surface area contributed by atoms with Crippen LogP contribution >= 0.6 is 0 Å². The minimum absolute atomic E-state index is 0.610. The molecule has 0 amide bonds. The van der Waals surface area contributed by atoms with Gasteiger partial charge in [0.05, 0.1) is 22.1 Å². The van der Waals surface area contributed by atoms with E-state index in [-0.39, 0.29) is 0 Å². The maximum Gasteiger partial charge on any atom is 0.164 e. The standard InChI is InChI=1S/C66H42N8/c1-6-20-43(21-7-1)61-67-62(44-22-8-2-9-23-44)70-65(69-61)49-28-18-31-51(40-49)74-56-34-17-16-32-52(56)54-41-47(36-38-57(54)74)48-37-39-58-55(42-48)60-53(33-19-35-59(60)73(58)50-29-14-5-15-30-50)66-71-63(45-24-10-3-11-25-45)68-64(72-66)46-26-12-4-13-27-46/h1-42H. The Bertz CT molecular complexity index is 4290. The van der Waals surface area contributed by atoms with Crippen molar-refractivity contribution in [2.75, 3.05) is 0 Å². The van der Waals surface area contributed by atoms with Gasteiger partial charge in [-0.15, -0.1) is 0 Å². The van der Waals surface area contributed by atoms with E-state index in [1.165, 1.54) is 0 Å². The number of para-hydroxylation sites is 2. The second-order valence-electron chi connectivity index (χ2n) is 18.3. The molecule has 0 radical (unpaired) electrons. The van der Waals surface area contributed by atoms with Crippen molar-refractivity contribution in [3.05, 3.63) is 255 Å². The molecule has 4 heterocycles. The number of benzene rings is 10. The normalized spacial score (nSPS) is 11.5. The smallest absolute Gasteiger partial charge is 0.164 e. The van der Waals surface area contributed by atoms with Crippen LogP contribution in [0.25, 0.3) is 134 Å². The van der Waals surface area contributed by atoms with Crippen LogP contribution < -0.4 is 0 Å². The van der Waals surface area contributed by atoms with Crippen LogP contribution in [0, 0.1) is 0 Å². The Balaban J connectivity index is 0.927. The highest BCUT2D eigenvalue weighted by molar-refractivity contribution is 6.17. The Morgan fingerprint density at radius 1 is 0.216 bits per heavy atom. The molecule has 0 aliphatic heterocycles. The van der Waals surface area contributed by atoms with Crippen LogP contribution in [0.15, 0.2) is 255 Å². The Kier molecular flexibility index (Phi) is 10.3. The lowest BCUT2D eigenvalue weighted by atomic mass is 9.99. The van der Waals surface area contributed by atoms with Crippen LogP contribution in [-0.2, 0) is 0 Å². The molecular weight excluding hydrogens is 905 g/mol. The Labute approximate surface area is 426 Å².